The lowest BCUT2D eigenvalue weighted by Crippen LogP contribution is -2.23. The third-order valence-electron chi connectivity index (χ3n) is 2.29. The number of nitrogens with two attached hydrogens (primary N) is 1. The number of carbonyl (C=O) groups is 2. The zero-order valence-electron chi connectivity index (χ0n) is 11.6. The maximum atomic E-state index is 11.2. The van der Waals surface area contributed by atoms with Crippen LogP contribution in [0.3, 0.4) is 0 Å². The Hall–Kier alpha value is -0.900. The second-order valence-corrected chi connectivity index (χ2v) is 3.97. The minimum absolute atomic E-state index is 0.156. The van der Waals surface area contributed by atoms with Crippen molar-refractivity contribution in [2.75, 3.05) is 13.6 Å². The Morgan fingerprint density at radius 2 is 1.65 bits per heavy atom. The molecule has 0 unspecified atom stereocenters. The first-order valence-electron chi connectivity index (χ1n) is 6.50. The van der Waals surface area contributed by atoms with Crippen LogP contribution in [-0.2, 0) is 9.59 Å². The van der Waals surface area contributed by atoms with Crippen molar-refractivity contribution in [3.05, 3.63) is 0 Å². The van der Waals surface area contributed by atoms with E-state index in [1.807, 2.05) is 0 Å². The molecule has 0 aliphatic heterocycles. The predicted octanol–water partition coefficient (Wildman–Crippen LogP) is 2.02. The van der Waals surface area contributed by atoms with Gasteiger partial charge in [-0.25, -0.2) is 0 Å². The van der Waals surface area contributed by atoms with Gasteiger partial charge in [0.15, 0.2) is 0 Å². The van der Waals surface area contributed by atoms with Gasteiger partial charge in [-0.1, -0.05) is 19.8 Å². The molecule has 3 N–H and O–H groups in total. The second-order valence-electron chi connectivity index (χ2n) is 3.97. The van der Waals surface area contributed by atoms with Crippen LogP contribution < -0.4 is 11.1 Å². The van der Waals surface area contributed by atoms with E-state index in [0.717, 1.165) is 38.6 Å². The Morgan fingerprint density at radius 1 is 1.00 bits per heavy atom. The number of Topliss-reactive ketones (excluding diaryl/α,β-unsaturated/α-hetero) is 1. The summed E-state index contributed by atoms with van der Waals surface area (Å²) in [6.07, 6.45) is 6.29. The molecule has 4 nitrogen and oxygen atoms in total. The maximum absolute atomic E-state index is 11.2. The lowest BCUT2D eigenvalue weighted by Gasteiger charge is -2.03. The van der Waals surface area contributed by atoms with E-state index in [0.29, 0.717) is 12.8 Å². The van der Waals surface area contributed by atoms with Crippen molar-refractivity contribution in [2.45, 2.75) is 58.8 Å². The van der Waals surface area contributed by atoms with Gasteiger partial charge in [0.2, 0.25) is 5.91 Å². The summed E-state index contributed by atoms with van der Waals surface area (Å²) in [5.74, 6) is 0.408. The monoisotopic (exact) mass is 244 g/mol. The van der Waals surface area contributed by atoms with Gasteiger partial charge in [0.25, 0.3) is 0 Å². The minimum Gasteiger partial charge on any atom is -0.356 e. The molecule has 17 heavy (non-hydrogen) atoms. The third-order valence-corrected chi connectivity index (χ3v) is 2.29. The molecule has 0 rings (SSSR count). The molecule has 0 saturated heterocycles. The molecular formula is C13H28N2O2. The van der Waals surface area contributed by atoms with Gasteiger partial charge in [0, 0.05) is 19.4 Å². The average molecular weight is 244 g/mol. The van der Waals surface area contributed by atoms with Gasteiger partial charge < -0.3 is 15.8 Å². The maximum Gasteiger partial charge on any atom is 0.219 e. The van der Waals surface area contributed by atoms with Gasteiger partial charge >= 0.3 is 0 Å². The summed E-state index contributed by atoms with van der Waals surface area (Å²) in [7, 11) is 1.50. The summed E-state index contributed by atoms with van der Waals surface area (Å²) in [5.41, 5.74) is 4.50. The fraction of sp³-hybridized carbons (Fsp3) is 0.846. The van der Waals surface area contributed by atoms with Gasteiger partial charge in [-0.3, -0.25) is 4.79 Å². The smallest absolute Gasteiger partial charge is 0.219 e. The van der Waals surface area contributed by atoms with Crippen LogP contribution in [0.25, 0.3) is 0 Å². The van der Waals surface area contributed by atoms with Crippen molar-refractivity contribution < 1.29 is 9.59 Å². The van der Waals surface area contributed by atoms with Crippen LogP contribution in [0.5, 0.6) is 0 Å². The minimum atomic E-state index is 0.156. The highest BCUT2D eigenvalue weighted by Crippen LogP contribution is 1.99. The summed E-state index contributed by atoms with van der Waals surface area (Å²) >= 11 is 0. The van der Waals surface area contributed by atoms with E-state index in [9.17, 15) is 9.59 Å². The zero-order valence-corrected chi connectivity index (χ0v) is 11.6. The van der Waals surface area contributed by atoms with Crippen LogP contribution in [0.2, 0.25) is 0 Å². The Morgan fingerprint density at radius 3 is 2.18 bits per heavy atom. The van der Waals surface area contributed by atoms with E-state index < -0.39 is 0 Å². The number of ketones is 1. The first kappa shape index (κ1) is 18.5. The largest absolute Gasteiger partial charge is 0.356 e. The zero-order chi connectivity index (χ0) is 13.5. The van der Waals surface area contributed by atoms with E-state index in [-0.39, 0.29) is 11.7 Å². The fourth-order valence-corrected chi connectivity index (χ4v) is 1.33. The lowest BCUT2D eigenvalue weighted by molar-refractivity contribution is -0.121. The van der Waals surface area contributed by atoms with E-state index in [1.165, 1.54) is 7.05 Å². The average Bonchev–Trinajstić information content (AvgIpc) is 2.33. The first-order valence-corrected chi connectivity index (χ1v) is 6.50. The second kappa shape index (κ2) is 15.1. The van der Waals surface area contributed by atoms with Crippen LogP contribution in [0, 0.1) is 0 Å². The molecule has 1 amide bonds. The number of carbonyl (C=O) groups excluding carboxylic acids is 2. The van der Waals surface area contributed by atoms with E-state index in [2.05, 4.69) is 18.0 Å². The third kappa shape index (κ3) is 17.7. The van der Waals surface area contributed by atoms with Crippen molar-refractivity contribution in [3.8, 4) is 0 Å². The SMILES string of the molecule is CCCCC(=O)NCCCCCC(C)=O.CN. The lowest BCUT2D eigenvalue weighted by atomic mass is 10.1. The van der Waals surface area contributed by atoms with Crippen molar-refractivity contribution in [1.29, 1.82) is 0 Å². The normalized spacial score (nSPS) is 9.18. The summed E-state index contributed by atoms with van der Waals surface area (Å²) < 4.78 is 0. The molecule has 0 radical (unpaired) electrons. The number of hydrogen-bond acceptors (Lipinski definition) is 3. The van der Waals surface area contributed by atoms with Gasteiger partial charge in [-0.05, 0) is 33.2 Å². The Labute approximate surface area is 105 Å². The van der Waals surface area contributed by atoms with E-state index in [1.54, 1.807) is 6.92 Å². The van der Waals surface area contributed by atoms with Gasteiger partial charge in [-0.2, -0.15) is 0 Å². The summed E-state index contributed by atoms with van der Waals surface area (Å²) in [4.78, 5) is 21.8. The molecular weight excluding hydrogens is 216 g/mol. The van der Waals surface area contributed by atoms with Crippen molar-refractivity contribution in [3.63, 3.8) is 0 Å². The van der Waals surface area contributed by atoms with Gasteiger partial charge in [-0.15, -0.1) is 0 Å². The first-order chi connectivity index (χ1) is 8.16. The summed E-state index contributed by atoms with van der Waals surface area (Å²) in [6, 6.07) is 0. The molecule has 0 aromatic heterocycles. The molecule has 0 saturated carbocycles. The number of hydrogen-bond donors (Lipinski definition) is 2. The Bertz CT molecular complexity index is 194. The van der Waals surface area contributed by atoms with Crippen molar-refractivity contribution in [1.82, 2.24) is 5.32 Å². The van der Waals surface area contributed by atoms with Crippen LogP contribution in [0.4, 0.5) is 0 Å². The molecule has 0 heterocycles. The molecule has 0 spiro atoms. The predicted molar refractivity (Wildman–Crippen MR) is 71.8 cm³/mol. The standard InChI is InChI=1S/C12H23NO2.CH5N/c1-3-4-9-12(15)13-10-7-5-6-8-11(2)14;1-2/h3-10H2,1-2H3,(H,13,15);2H2,1H3. The highest BCUT2D eigenvalue weighted by molar-refractivity contribution is 5.75. The number of rotatable bonds is 9. The van der Waals surface area contributed by atoms with E-state index >= 15 is 0 Å². The molecule has 0 aromatic rings. The topological polar surface area (TPSA) is 72.2 Å². The molecule has 0 aliphatic rings. The fourth-order valence-electron chi connectivity index (χ4n) is 1.33. The molecule has 0 atom stereocenters. The molecule has 0 fully saturated rings. The van der Waals surface area contributed by atoms with Gasteiger partial charge in [0.05, 0.1) is 0 Å². The summed E-state index contributed by atoms with van der Waals surface area (Å²) in [5, 5.41) is 2.88. The Balaban J connectivity index is 0. The highest BCUT2D eigenvalue weighted by Gasteiger charge is 1.99. The van der Waals surface area contributed by atoms with Crippen molar-refractivity contribution in [2.24, 2.45) is 5.73 Å². The van der Waals surface area contributed by atoms with Crippen LogP contribution >= 0.6 is 0 Å². The van der Waals surface area contributed by atoms with Gasteiger partial charge in [0.1, 0.15) is 5.78 Å². The molecule has 102 valence electrons. The van der Waals surface area contributed by atoms with E-state index in [4.69, 9.17) is 0 Å². The van der Waals surface area contributed by atoms with Crippen LogP contribution in [-0.4, -0.2) is 25.3 Å². The quantitative estimate of drug-likeness (QED) is 0.609. The van der Waals surface area contributed by atoms with Crippen molar-refractivity contribution >= 4 is 11.7 Å². The summed E-state index contributed by atoms with van der Waals surface area (Å²) in [6.45, 7) is 4.45. The number of nitrogens with one attached hydrogen (secondary N) is 1. The Kier molecular flexibility index (Phi) is 16.4. The molecule has 0 aromatic carbocycles. The molecule has 0 bridgehead atoms. The number of unbranched alkanes of at least 4 members (excludes halogenated alkanes) is 3. The molecule has 4 heteroatoms. The highest BCUT2D eigenvalue weighted by atomic mass is 16.1. The van der Waals surface area contributed by atoms with Crippen LogP contribution in [0.1, 0.15) is 58.8 Å². The number of amides is 1. The molecule has 0 aliphatic carbocycles. The van der Waals surface area contributed by atoms with Crippen LogP contribution in [0.15, 0.2) is 0 Å².